The number of hydrogen-bond donors (Lipinski definition) is 1. The monoisotopic (exact) mass is 267 g/mol. The van der Waals surface area contributed by atoms with E-state index in [0.717, 1.165) is 22.5 Å². The number of aromatic nitrogens is 1. The van der Waals surface area contributed by atoms with E-state index in [1.165, 1.54) is 19.3 Å². The van der Waals surface area contributed by atoms with E-state index in [1.807, 2.05) is 18.3 Å². The number of fused-ring (bicyclic) bond motifs is 2. The van der Waals surface area contributed by atoms with E-state index in [4.69, 9.17) is 0 Å². The first-order chi connectivity index (χ1) is 7.18. The molecule has 2 aliphatic rings. The standard InChI is InChI=1S/C12H14BrNO/c13-11-4-3-10(7-14-11)12(15)6-8-1-2-9(12)5-8/h3-4,7-9,15H,1-2,5-6H2. The lowest BCUT2D eigenvalue weighted by molar-refractivity contribution is -0.0185. The first kappa shape index (κ1) is 9.79. The number of hydrogen-bond acceptors (Lipinski definition) is 2. The lowest BCUT2D eigenvalue weighted by atomic mass is 9.80. The molecule has 1 heterocycles. The molecule has 2 bridgehead atoms. The molecule has 3 rings (SSSR count). The Balaban J connectivity index is 1.96. The minimum Gasteiger partial charge on any atom is -0.385 e. The zero-order valence-electron chi connectivity index (χ0n) is 8.49. The van der Waals surface area contributed by atoms with Crippen molar-refractivity contribution in [2.45, 2.75) is 31.3 Å². The summed E-state index contributed by atoms with van der Waals surface area (Å²) in [4.78, 5) is 4.21. The summed E-state index contributed by atoms with van der Waals surface area (Å²) in [5, 5.41) is 10.7. The molecular formula is C12H14BrNO. The van der Waals surface area contributed by atoms with Crippen LogP contribution in [0, 0.1) is 11.8 Å². The Bertz CT molecular complexity index is 378. The van der Waals surface area contributed by atoms with Crippen molar-refractivity contribution in [3.63, 3.8) is 0 Å². The molecule has 0 aromatic carbocycles. The van der Waals surface area contributed by atoms with Crippen LogP contribution in [0.2, 0.25) is 0 Å². The van der Waals surface area contributed by atoms with Gasteiger partial charge < -0.3 is 5.11 Å². The van der Waals surface area contributed by atoms with Gasteiger partial charge in [0.15, 0.2) is 0 Å². The summed E-state index contributed by atoms with van der Waals surface area (Å²) in [6, 6.07) is 3.91. The van der Waals surface area contributed by atoms with Crippen LogP contribution in [0.4, 0.5) is 0 Å². The Morgan fingerprint density at radius 2 is 2.27 bits per heavy atom. The van der Waals surface area contributed by atoms with E-state index >= 15 is 0 Å². The Hall–Kier alpha value is -0.410. The van der Waals surface area contributed by atoms with Crippen molar-refractivity contribution in [2.75, 3.05) is 0 Å². The smallest absolute Gasteiger partial charge is 0.106 e. The topological polar surface area (TPSA) is 33.1 Å². The molecule has 15 heavy (non-hydrogen) atoms. The largest absolute Gasteiger partial charge is 0.385 e. The van der Waals surface area contributed by atoms with Crippen LogP contribution < -0.4 is 0 Å². The highest BCUT2D eigenvalue weighted by Crippen LogP contribution is 2.55. The quantitative estimate of drug-likeness (QED) is 0.794. The van der Waals surface area contributed by atoms with Crippen LogP contribution in [0.5, 0.6) is 0 Å². The number of aliphatic hydroxyl groups is 1. The molecule has 2 aliphatic carbocycles. The molecule has 0 spiro atoms. The van der Waals surface area contributed by atoms with Gasteiger partial charge in [-0.3, -0.25) is 0 Å². The second-order valence-electron chi connectivity index (χ2n) is 4.87. The van der Waals surface area contributed by atoms with Crippen molar-refractivity contribution in [3.05, 3.63) is 28.5 Å². The van der Waals surface area contributed by atoms with Gasteiger partial charge in [-0.25, -0.2) is 4.98 Å². The zero-order valence-corrected chi connectivity index (χ0v) is 10.1. The van der Waals surface area contributed by atoms with Gasteiger partial charge >= 0.3 is 0 Å². The molecule has 2 saturated carbocycles. The van der Waals surface area contributed by atoms with Gasteiger partial charge in [-0.2, -0.15) is 0 Å². The molecule has 0 amide bonds. The lowest BCUT2D eigenvalue weighted by Gasteiger charge is -2.32. The highest BCUT2D eigenvalue weighted by Gasteiger charge is 2.50. The summed E-state index contributed by atoms with van der Waals surface area (Å²) in [5.41, 5.74) is 0.411. The second kappa shape index (κ2) is 3.29. The molecule has 1 aromatic rings. The van der Waals surface area contributed by atoms with Crippen LogP contribution in [0.25, 0.3) is 0 Å². The van der Waals surface area contributed by atoms with E-state index in [2.05, 4.69) is 20.9 Å². The molecule has 3 atom stereocenters. The minimum absolute atomic E-state index is 0.463. The highest BCUT2D eigenvalue weighted by molar-refractivity contribution is 9.10. The predicted molar refractivity (Wildman–Crippen MR) is 61.3 cm³/mol. The molecule has 80 valence electrons. The molecule has 2 fully saturated rings. The Morgan fingerprint density at radius 1 is 1.40 bits per heavy atom. The van der Waals surface area contributed by atoms with E-state index in [0.29, 0.717) is 5.92 Å². The maximum absolute atomic E-state index is 10.7. The molecular weight excluding hydrogens is 254 g/mol. The van der Waals surface area contributed by atoms with Crippen molar-refractivity contribution < 1.29 is 5.11 Å². The number of nitrogens with zero attached hydrogens (tertiary/aromatic N) is 1. The third kappa shape index (κ3) is 1.44. The molecule has 3 unspecified atom stereocenters. The van der Waals surface area contributed by atoms with Crippen LogP contribution in [0.3, 0.4) is 0 Å². The fraction of sp³-hybridized carbons (Fsp3) is 0.583. The lowest BCUT2D eigenvalue weighted by Crippen LogP contribution is -2.32. The molecule has 0 radical (unpaired) electrons. The summed E-state index contributed by atoms with van der Waals surface area (Å²) in [6.45, 7) is 0. The third-order valence-electron chi connectivity index (χ3n) is 4.04. The van der Waals surface area contributed by atoms with Crippen LogP contribution in [-0.4, -0.2) is 10.1 Å². The highest BCUT2D eigenvalue weighted by atomic mass is 79.9. The van der Waals surface area contributed by atoms with Gasteiger partial charge in [0.2, 0.25) is 0 Å². The van der Waals surface area contributed by atoms with E-state index in [-0.39, 0.29) is 0 Å². The molecule has 1 N–H and O–H groups in total. The number of halogens is 1. The molecule has 2 nitrogen and oxygen atoms in total. The first-order valence-corrected chi connectivity index (χ1v) is 6.32. The summed E-state index contributed by atoms with van der Waals surface area (Å²) >= 11 is 3.32. The van der Waals surface area contributed by atoms with Gasteiger partial charge in [0.25, 0.3) is 0 Å². The van der Waals surface area contributed by atoms with Crippen molar-refractivity contribution in [2.24, 2.45) is 11.8 Å². The molecule has 3 heteroatoms. The van der Waals surface area contributed by atoms with E-state index in [1.54, 1.807) is 0 Å². The summed E-state index contributed by atoms with van der Waals surface area (Å²) in [5.74, 6) is 1.20. The van der Waals surface area contributed by atoms with Crippen molar-refractivity contribution in [1.82, 2.24) is 4.98 Å². The average molecular weight is 268 g/mol. The number of pyridine rings is 1. The van der Waals surface area contributed by atoms with Crippen LogP contribution in [0.1, 0.15) is 31.2 Å². The van der Waals surface area contributed by atoms with Crippen LogP contribution in [0.15, 0.2) is 22.9 Å². The van der Waals surface area contributed by atoms with Gasteiger partial charge in [-0.05, 0) is 59.5 Å². The van der Waals surface area contributed by atoms with Crippen LogP contribution in [-0.2, 0) is 5.60 Å². The molecule has 1 aromatic heterocycles. The van der Waals surface area contributed by atoms with Gasteiger partial charge in [-0.1, -0.05) is 6.07 Å². The summed E-state index contributed by atoms with van der Waals surface area (Å²) < 4.78 is 0.831. The van der Waals surface area contributed by atoms with Crippen molar-refractivity contribution >= 4 is 15.9 Å². The fourth-order valence-electron chi connectivity index (χ4n) is 3.29. The SMILES string of the molecule is OC1(c2ccc(Br)nc2)CC2CCC1C2. The summed E-state index contributed by atoms with van der Waals surface area (Å²) in [6.07, 6.45) is 6.42. The second-order valence-corrected chi connectivity index (χ2v) is 5.69. The summed E-state index contributed by atoms with van der Waals surface area (Å²) in [7, 11) is 0. The third-order valence-corrected chi connectivity index (χ3v) is 4.51. The van der Waals surface area contributed by atoms with Gasteiger partial charge in [-0.15, -0.1) is 0 Å². The predicted octanol–water partition coefficient (Wildman–Crippen LogP) is 2.85. The van der Waals surface area contributed by atoms with Gasteiger partial charge in [0.05, 0.1) is 5.60 Å². The van der Waals surface area contributed by atoms with Crippen LogP contribution >= 0.6 is 15.9 Å². The minimum atomic E-state index is -0.587. The molecule has 0 saturated heterocycles. The first-order valence-electron chi connectivity index (χ1n) is 5.53. The average Bonchev–Trinajstić information content (AvgIpc) is 2.78. The Labute approximate surface area is 97.9 Å². The zero-order chi connectivity index (χ0) is 10.5. The van der Waals surface area contributed by atoms with Crippen molar-refractivity contribution in [3.8, 4) is 0 Å². The maximum atomic E-state index is 10.7. The van der Waals surface area contributed by atoms with Crippen molar-refractivity contribution in [1.29, 1.82) is 0 Å². The normalized spacial score (nSPS) is 38.5. The van der Waals surface area contributed by atoms with E-state index in [9.17, 15) is 5.11 Å². The number of rotatable bonds is 1. The Morgan fingerprint density at radius 3 is 2.80 bits per heavy atom. The Kier molecular flexibility index (Phi) is 2.15. The van der Waals surface area contributed by atoms with Gasteiger partial charge in [0.1, 0.15) is 4.60 Å². The fourth-order valence-corrected chi connectivity index (χ4v) is 3.52. The van der Waals surface area contributed by atoms with E-state index < -0.39 is 5.60 Å². The maximum Gasteiger partial charge on any atom is 0.106 e. The molecule has 0 aliphatic heterocycles. The van der Waals surface area contributed by atoms with Gasteiger partial charge in [0, 0.05) is 11.8 Å².